The molecular weight excluding hydrogens is 522 g/mol. The van der Waals surface area contributed by atoms with Gasteiger partial charge >= 0.3 is 0 Å². The molecule has 2 saturated carbocycles. The molecule has 1 heterocycles. The molecule has 1 aromatic carbocycles. The Balaban J connectivity index is 1.54. The maximum atomic E-state index is 13.8. The highest BCUT2D eigenvalue weighted by molar-refractivity contribution is 7.90. The molecule has 4 rings (SSSR count). The van der Waals surface area contributed by atoms with Gasteiger partial charge in [-0.3, -0.25) is 9.59 Å². The lowest BCUT2D eigenvalue weighted by Gasteiger charge is -2.32. The minimum Gasteiger partial charge on any atom is -0.617 e. The third-order valence-electron chi connectivity index (χ3n) is 8.04. The Morgan fingerprint density at radius 2 is 1.75 bits per heavy atom. The Bertz CT molecular complexity index is 1200. The fourth-order valence-corrected chi connectivity index (χ4v) is 6.17. The summed E-state index contributed by atoms with van der Waals surface area (Å²) >= 11 is -0.968. The number of allylic oxidation sites excluding steroid dienone is 4. The standard InChI is InChI=1S/C31H43N5O3S/c1-5-21-6-15-26(36(18-21)16-17-40(4)39)30(37)35-29(28(23-7-8-23)24-9-10-24)31(38)34-25-13-11-22(12-14-25)27(19(2)32)20(3)33/h6,11-15,23-24,28-29,32H,5,7-10,16-18,33H2,1-4H3,(H,34,38)(H,35,37)/b27-20+,32-19?/t29-,40?/m0/s1. The van der Waals surface area contributed by atoms with E-state index < -0.39 is 17.2 Å². The van der Waals surface area contributed by atoms with E-state index >= 15 is 0 Å². The summed E-state index contributed by atoms with van der Waals surface area (Å²) in [6.45, 7) is 6.71. The third-order valence-corrected chi connectivity index (χ3v) is 8.80. The van der Waals surface area contributed by atoms with E-state index in [9.17, 15) is 14.1 Å². The van der Waals surface area contributed by atoms with E-state index in [1.54, 1.807) is 20.1 Å². The zero-order chi connectivity index (χ0) is 29.0. The number of hydrogen-bond donors (Lipinski definition) is 4. The van der Waals surface area contributed by atoms with Crippen LogP contribution in [0.1, 0.15) is 58.4 Å². The number of anilines is 1. The fourth-order valence-electron chi connectivity index (χ4n) is 5.70. The molecular formula is C31H43N5O3S. The molecule has 2 amide bonds. The molecule has 2 aliphatic carbocycles. The van der Waals surface area contributed by atoms with Crippen molar-refractivity contribution in [1.82, 2.24) is 10.2 Å². The number of carbonyl (C=O) groups excluding carboxylic acids is 2. The second-order valence-electron chi connectivity index (χ2n) is 11.4. The summed E-state index contributed by atoms with van der Waals surface area (Å²) in [5.41, 5.74) is 10.8. The molecule has 5 N–H and O–H groups in total. The fraction of sp³-hybridized carbons (Fsp3) is 0.516. The van der Waals surface area contributed by atoms with Gasteiger partial charge in [0.15, 0.2) is 0 Å². The van der Waals surface area contributed by atoms with Crippen molar-refractivity contribution in [2.75, 3.05) is 30.4 Å². The van der Waals surface area contributed by atoms with Gasteiger partial charge in [-0.2, -0.15) is 0 Å². The first-order chi connectivity index (χ1) is 19.1. The highest BCUT2D eigenvalue weighted by atomic mass is 32.2. The van der Waals surface area contributed by atoms with Crippen LogP contribution in [0.3, 0.4) is 0 Å². The van der Waals surface area contributed by atoms with Gasteiger partial charge in [-0.1, -0.05) is 41.9 Å². The minimum absolute atomic E-state index is 0.112. The second kappa shape index (κ2) is 13.1. The van der Waals surface area contributed by atoms with Crippen LogP contribution in [-0.4, -0.2) is 58.1 Å². The summed E-state index contributed by atoms with van der Waals surface area (Å²) in [7, 11) is 0. The number of nitrogens with zero attached hydrogens (tertiary/aromatic N) is 1. The molecule has 0 radical (unpaired) electrons. The van der Waals surface area contributed by atoms with Gasteiger partial charge in [0.25, 0.3) is 5.91 Å². The predicted octanol–water partition coefficient (Wildman–Crippen LogP) is 4.19. The van der Waals surface area contributed by atoms with Crippen molar-refractivity contribution < 1.29 is 14.1 Å². The predicted molar refractivity (Wildman–Crippen MR) is 163 cm³/mol. The molecule has 3 aliphatic rings. The number of carbonyl (C=O) groups is 2. The lowest BCUT2D eigenvalue weighted by molar-refractivity contribution is -0.126. The maximum Gasteiger partial charge on any atom is 0.268 e. The van der Waals surface area contributed by atoms with Crippen molar-refractivity contribution in [2.24, 2.45) is 23.5 Å². The number of benzene rings is 1. The normalized spacial score (nSPS) is 19.3. The van der Waals surface area contributed by atoms with Crippen LogP contribution in [0.5, 0.6) is 0 Å². The van der Waals surface area contributed by atoms with Crippen molar-refractivity contribution in [2.45, 2.75) is 58.9 Å². The van der Waals surface area contributed by atoms with Crippen LogP contribution in [0, 0.1) is 23.2 Å². The summed E-state index contributed by atoms with van der Waals surface area (Å²) in [6, 6.07) is 6.69. The molecule has 1 unspecified atom stereocenters. The van der Waals surface area contributed by atoms with Gasteiger partial charge in [-0.05, 0) is 87.5 Å². The lowest BCUT2D eigenvalue weighted by Crippen LogP contribution is -2.52. The van der Waals surface area contributed by atoms with E-state index in [1.807, 2.05) is 41.3 Å². The van der Waals surface area contributed by atoms with Gasteiger partial charge in [0, 0.05) is 29.2 Å². The Morgan fingerprint density at radius 1 is 1.12 bits per heavy atom. The summed E-state index contributed by atoms with van der Waals surface area (Å²) in [4.78, 5) is 29.5. The van der Waals surface area contributed by atoms with Crippen LogP contribution in [0.2, 0.25) is 0 Å². The first-order valence-corrected chi connectivity index (χ1v) is 16.0. The maximum absolute atomic E-state index is 13.8. The molecule has 0 bridgehead atoms. The molecule has 2 atom stereocenters. The minimum atomic E-state index is -0.968. The Morgan fingerprint density at radius 3 is 2.25 bits per heavy atom. The van der Waals surface area contributed by atoms with Crippen LogP contribution in [0.15, 0.2) is 53.4 Å². The second-order valence-corrected chi connectivity index (χ2v) is 12.9. The number of hydrogen-bond acceptors (Lipinski definition) is 6. The molecule has 0 aromatic heterocycles. The van der Waals surface area contributed by atoms with Crippen LogP contribution in [0.4, 0.5) is 5.69 Å². The van der Waals surface area contributed by atoms with Crippen LogP contribution in [0.25, 0.3) is 5.57 Å². The molecule has 1 aliphatic heterocycles. The smallest absolute Gasteiger partial charge is 0.268 e. The van der Waals surface area contributed by atoms with Crippen molar-refractivity contribution in [1.29, 1.82) is 5.41 Å². The molecule has 9 heteroatoms. The molecule has 1 aromatic rings. The zero-order valence-electron chi connectivity index (χ0n) is 24.1. The van der Waals surface area contributed by atoms with Crippen molar-refractivity contribution in [3.05, 3.63) is 58.9 Å². The first kappa shape index (κ1) is 29.9. The van der Waals surface area contributed by atoms with Crippen molar-refractivity contribution in [3.63, 3.8) is 0 Å². The summed E-state index contributed by atoms with van der Waals surface area (Å²) < 4.78 is 11.8. The highest BCUT2D eigenvalue weighted by Crippen LogP contribution is 2.51. The lowest BCUT2D eigenvalue weighted by atomic mass is 9.88. The molecule has 40 heavy (non-hydrogen) atoms. The molecule has 216 valence electrons. The van der Waals surface area contributed by atoms with Crippen molar-refractivity contribution >= 4 is 40.0 Å². The van der Waals surface area contributed by atoms with Gasteiger partial charge < -0.3 is 31.2 Å². The molecule has 0 saturated heterocycles. The van der Waals surface area contributed by atoms with Crippen LogP contribution in [-0.2, 0) is 20.8 Å². The van der Waals surface area contributed by atoms with Crippen molar-refractivity contribution in [3.8, 4) is 0 Å². The average molecular weight is 566 g/mol. The zero-order valence-corrected chi connectivity index (χ0v) is 24.9. The average Bonchev–Trinajstić information content (AvgIpc) is 3.83. The first-order valence-electron chi connectivity index (χ1n) is 14.3. The topological polar surface area (TPSA) is 134 Å². The summed E-state index contributed by atoms with van der Waals surface area (Å²) in [5.74, 6) is 1.03. The van der Waals surface area contributed by atoms with Gasteiger partial charge in [0.05, 0.1) is 12.8 Å². The number of rotatable bonds is 13. The number of amides is 2. The Kier molecular flexibility index (Phi) is 9.79. The third kappa shape index (κ3) is 7.57. The highest BCUT2D eigenvalue weighted by Gasteiger charge is 2.48. The van der Waals surface area contributed by atoms with Gasteiger partial charge in [-0.25, -0.2) is 0 Å². The largest absolute Gasteiger partial charge is 0.617 e. The SMILES string of the molecule is CCC1=CC=C(C(=O)N[C@H](C(=O)Nc2ccc(/C(C(C)=N)=C(\C)N)cc2)C(C2CC2)C2CC2)N(CC[S+](C)[O-])C1. The molecule has 2 fully saturated rings. The van der Waals surface area contributed by atoms with E-state index in [2.05, 4.69) is 17.6 Å². The number of nitrogens with two attached hydrogens (primary N) is 1. The number of nitrogens with one attached hydrogen (secondary N) is 3. The summed E-state index contributed by atoms with van der Waals surface area (Å²) in [6.07, 6.45) is 10.7. The van der Waals surface area contributed by atoms with Gasteiger partial charge in [0.1, 0.15) is 17.5 Å². The quantitative estimate of drug-likeness (QED) is 0.210. The Hall–Kier alpha value is -3.04. The monoisotopic (exact) mass is 565 g/mol. The summed E-state index contributed by atoms with van der Waals surface area (Å²) in [5, 5.41) is 14.2. The molecule has 8 nitrogen and oxygen atoms in total. The molecule has 0 spiro atoms. The van der Waals surface area contributed by atoms with E-state index in [1.165, 1.54) is 5.57 Å². The van der Waals surface area contributed by atoms with E-state index in [-0.39, 0.29) is 17.7 Å². The van der Waals surface area contributed by atoms with E-state index in [0.29, 0.717) is 59.0 Å². The van der Waals surface area contributed by atoms with Crippen LogP contribution >= 0.6 is 0 Å². The van der Waals surface area contributed by atoms with E-state index in [0.717, 1.165) is 37.7 Å². The Labute approximate surface area is 241 Å². The van der Waals surface area contributed by atoms with Gasteiger partial charge in [-0.15, -0.1) is 0 Å². The van der Waals surface area contributed by atoms with Crippen LogP contribution < -0.4 is 16.4 Å². The van der Waals surface area contributed by atoms with Gasteiger partial charge in [0.2, 0.25) is 5.91 Å². The van der Waals surface area contributed by atoms with E-state index in [4.69, 9.17) is 11.1 Å².